The van der Waals surface area contributed by atoms with Crippen molar-refractivity contribution in [1.29, 1.82) is 0 Å². The van der Waals surface area contributed by atoms with E-state index in [-0.39, 0.29) is 21.3 Å². The second-order valence-electron chi connectivity index (χ2n) is 6.69. The first-order valence-corrected chi connectivity index (χ1v) is 12.0. The van der Waals surface area contributed by atoms with Crippen molar-refractivity contribution in [1.82, 2.24) is 4.98 Å². The summed E-state index contributed by atoms with van der Waals surface area (Å²) in [6.45, 7) is 1.84. The molecule has 7 nitrogen and oxygen atoms in total. The Balaban J connectivity index is 1.56. The number of nitrogens with zero attached hydrogens (tertiary/aromatic N) is 1. The lowest BCUT2D eigenvalue weighted by Gasteiger charge is -2.10. The number of hydrogen-bond donors (Lipinski definition) is 0. The lowest BCUT2D eigenvalue weighted by atomic mass is 10.2. The third-order valence-electron chi connectivity index (χ3n) is 4.42. The molecule has 0 saturated heterocycles. The van der Waals surface area contributed by atoms with Gasteiger partial charge in [-0.05, 0) is 55.5 Å². The minimum atomic E-state index is -4.17. The highest BCUT2D eigenvalue weighted by Crippen LogP contribution is 2.27. The average Bonchev–Trinajstić information content (AvgIpc) is 2.74. The maximum absolute atomic E-state index is 12.7. The monoisotopic (exact) mass is 455 g/mol. The molecule has 0 spiro atoms. The van der Waals surface area contributed by atoms with Gasteiger partial charge in [0.2, 0.25) is 0 Å². The Morgan fingerprint density at radius 2 is 1.26 bits per heavy atom. The molecule has 9 heteroatoms. The van der Waals surface area contributed by atoms with E-state index in [0.29, 0.717) is 5.52 Å². The highest BCUT2D eigenvalue weighted by molar-refractivity contribution is 7.87. The van der Waals surface area contributed by atoms with Crippen LogP contribution in [-0.4, -0.2) is 21.8 Å². The highest BCUT2D eigenvalue weighted by atomic mass is 32.2. The number of benzene rings is 3. The molecule has 0 N–H and O–H groups in total. The first kappa shape index (κ1) is 20.8. The molecule has 4 aromatic rings. The average molecular weight is 456 g/mol. The number of aryl methyl sites for hydroxylation is 1. The Labute approximate surface area is 180 Å². The van der Waals surface area contributed by atoms with Crippen molar-refractivity contribution in [3.63, 3.8) is 0 Å². The van der Waals surface area contributed by atoms with E-state index in [4.69, 9.17) is 8.37 Å². The molecule has 0 aliphatic carbocycles. The molecule has 1 aromatic heterocycles. The number of hydrogen-bond acceptors (Lipinski definition) is 7. The van der Waals surface area contributed by atoms with Gasteiger partial charge in [0.1, 0.15) is 21.1 Å². The van der Waals surface area contributed by atoms with Crippen molar-refractivity contribution < 1.29 is 25.2 Å². The topological polar surface area (TPSA) is 99.6 Å². The fourth-order valence-electron chi connectivity index (χ4n) is 2.85. The SMILES string of the molecule is Cc1ccc(S(=O)(=O)Oc2ccc(S(=O)(=O)Oc3cccc4cccnc34)cc2)cc1. The molecule has 31 heavy (non-hydrogen) atoms. The Morgan fingerprint density at radius 3 is 1.94 bits per heavy atom. The summed E-state index contributed by atoms with van der Waals surface area (Å²) in [7, 11) is -8.21. The molecule has 0 radical (unpaired) electrons. The number of para-hydroxylation sites is 1. The molecule has 0 aliphatic rings. The number of fused-ring (bicyclic) bond motifs is 1. The standard InChI is InChI=1S/C22H17NO6S2/c1-16-7-11-19(12-8-16)30(24,25)28-18-9-13-20(14-10-18)31(26,27)29-21-6-2-4-17-5-3-15-23-22(17)21/h2-15H,1H3. The molecule has 0 saturated carbocycles. The molecule has 0 amide bonds. The first-order valence-electron chi connectivity index (χ1n) is 9.14. The van der Waals surface area contributed by atoms with Crippen LogP contribution in [0.3, 0.4) is 0 Å². The van der Waals surface area contributed by atoms with Crippen LogP contribution in [0, 0.1) is 6.92 Å². The van der Waals surface area contributed by atoms with E-state index in [1.54, 1.807) is 42.6 Å². The lowest BCUT2D eigenvalue weighted by Crippen LogP contribution is -2.11. The normalized spacial score (nSPS) is 11.9. The third-order valence-corrected chi connectivity index (χ3v) is 6.93. The van der Waals surface area contributed by atoms with Crippen molar-refractivity contribution in [3.05, 3.63) is 90.6 Å². The van der Waals surface area contributed by atoms with Crippen molar-refractivity contribution in [2.75, 3.05) is 0 Å². The van der Waals surface area contributed by atoms with Crippen molar-refractivity contribution >= 4 is 31.1 Å². The van der Waals surface area contributed by atoms with Crippen molar-refractivity contribution in [2.24, 2.45) is 0 Å². The zero-order valence-electron chi connectivity index (χ0n) is 16.3. The van der Waals surface area contributed by atoms with Gasteiger partial charge in [-0.15, -0.1) is 0 Å². The van der Waals surface area contributed by atoms with Crippen LogP contribution in [-0.2, 0) is 20.2 Å². The zero-order chi connectivity index (χ0) is 22.1. The van der Waals surface area contributed by atoms with Gasteiger partial charge in [0.05, 0.1) is 0 Å². The minimum absolute atomic E-state index is 0.00147. The summed E-state index contributed by atoms with van der Waals surface area (Å²) in [4.78, 5) is 4.02. The fraction of sp³-hybridized carbons (Fsp3) is 0.0455. The maximum atomic E-state index is 12.7. The largest absolute Gasteiger partial charge is 0.379 e. The molecule has 158 valence electrons. The summed E-state index contributed by atoms with van der Waals surface area (Å²) in [5.41, 5.74) is 1.33. The van der Waals surface area contributed by atoms with Gasteiger partial charge >= 0.3 is 20.2 Å². The van der Waals surface area contributed by atoms with E-state index in [0.717, 1.165) is 10.9 Å². The van der Waals surface area contributed by atoms with Gasteiger partial charge in [-0.2, -0.15) is 16.8 Å². The van der Waals surface area contributed by atoms with Gasteiger partial charge in [0, 0.05) is 11.6 Å². The molecular weight excluding hydrogens is 438 g/mol. The summed E-state index contributed by atoms with van der Waals surface area (Å²) >= 11 is 0. The molecule has 0 atom stereocenters. The quantitative estimate of drug-likeness (QED) is 0.404. The lowest BCUT2D eigenvalue weighted by molar-refractivity contribution is 0.484. The molecular formula is C22H17NO6S2. The minimum Gasteiger partial charge on any atom is -0.379 e. The van der Waals surface area contributed by atoms with Crippen LogP contribution >= 0.6 is 0 Å². The molecule has 0 fully saturated rings. The van der Waals surface area contributed by atoms with E-state index in [2.05, 4.69) is 4.98 Å². The second-order valence-corrected chi connectivity index (χ2v) is 9.78. The van der Waals surface area contributed by atoms with Crippen LogP contribution in [0.5, 0.6) is 11.5 Å². The van der Waals surface area contributed by atoms with Crippen LogP contribution in [0.25, 0.3) is 10.9 Å². The van der Waals surface area contributed by atoms with Gasteiger partial charge in [0.25, 0.3) is 0 Å². The summed E-state index contributed by atoms with van der Waals surface area (Å²) in [5, 5.41) is 0.736. The molecule has 0 bridgehead atoms. The predicted molar refractivity (Wildman–Crippen MR) is 115 cm³/mol. The molecule has 3 aromatic carbocycles. The van der Waals surface area contributed by atoms with Crippen LogP contribution in [0.15, 0.2) is 94.9 Å². The maximum Gasteiger partial charge on any atom is 0.339 e. The van der Waals surface area contributed by atoms with Crippen LogP contribution in [0.2, 0.25) is 0 Å². The smallest absolute Gasteiger partial charge is 0.339 e. The van der Waals surface area contributed by atoms with Gasteiger partial charge < -0.3 is 8.37 Å². The molecule has 1 heterocycles. The van der Waals surface area contributed by atoms with Gasteiger partial charge in [0.15, 0.2) is 5.75 Å². The van der Waals surface area contributed by atoms with Crippen molar-refractivity contribution in [3.8, 4) is 11.5 Å². The Kier molecular flexibility index (Phi) is 5.38. The highest BCUT2D eigenvalue weighted by Gasteiger charge is 2.20. The van der Waals surface area contributed by atoms with E-state index < -0.39 is 20.2 Å². The second kappa shape index (κ2) is 8.01. The fourth-order valence-corrected chi connectivity index (χ4v) is 4.72. The zero-order valence-corrected chi connectivity index (χ0v) is 17.9. The third kappa shape index (κ3) is 4.52. The van der Waals surface area contributed by atoms with Gasteiger partial charge in [-0.3, -0.25) is 4.98 Å². The summed E-state index contributed by atoms with van der Waals surface area (Å²) in [6.07, 6.45) is 1.54. The van der Waals surface area contributed by atoms with E-state index in [1.807, 2.05) is 6.92 Å². The van der Waals surface area contributed by atoms with Crippen LogP contribution in [0.4, 0.5) is 0 Å². The number of rotatable bonds is 6. The van der Waals surface area contributed by atoms with E-state index in [1.165, 1.54) is 42.5 Å². The van der Waals surface area contributed by atoms with Gasteiger partial charge in [-0.1, -0.05) is 35.9 Å². The van der Waals surface area contributed by atoms with Crippen LogP contribution < -0.4 is 8.37 Å². The summed E-state index contributed by atoms with van der Waals surface area (Å²) in [6, 6.07) is 19.6. The summed E-state index contributed by atoms with van der Waals surface area (Å²) in [5.74, 6) is 0.0757. The van der Waals surface area contributed by atoms with Gasteiger partial charge in [-0.25, -0.2) is 0 Å². The first-order chi connectivity index (χ1) is 14.7. The van der Waals surface area contributed by atoms with Crippen molar-refractivity contribution in [2.45, 2.75) is 16.7 Å². The molecule has 0 aliphatic heterocycles. The molecule has 0 unspecified atom stereocenters. The number of pyridine rings is 1. The number of aromatic nitrogens is 1. The van der Waals surface area contributed by atoms with Crippen LogP contribution in [0.1, 0.15) is 5.56 Å². The Hall–Kier alpha value is -3.43. The predicted octanol–water partition coefficient (Wildman–Crippen LogP) is 4.08. The molecule has 4 rings (SSSR count). The summed E-state index contributed by atoms with van der Waals surface area (Å²) < 4.78 is 60.5. The Morgan fingerprint density at radius 1 is 0.677 bits per heavy atom. The Bertz CT molecular complexity index is 1440. The van der Waals surface area contributed by atoms with E-state index >= 15 is 0 Å². The van der Waals surface area contributed by atoms with E-state index in [9.17, 15) is 16.8 Å².